The number of para-hydroxylation sites is 1. The molecular formula is C14H16N2OS. The van der Waals surface area contributed by atoms with Gasteiger partial charge in [0.1, 0.15) is 0 Å². The number of nitrogen functional groups attached to an aromatic ring is 1. The van der Waals surface area contributed by atoms with Gasteiger partial charge < -0.3 is 11.1 Å². The van der Waals surface area contributed by atoms with Crippen molar-refractivity contribution in [2.75, 3.05) is 12.3 Å². The van der Waals surface area contributed by atoms with E-state index in [1.165, 1.54) is 4.88 Å². The first-order chi connectivity index (χ1) is 8.75. The number of hydrogen-bond donors (Lipinski definition) is 2. The van der Waals surface area contributed by atoms with Crippen molar-refractivity contribution in [3.63, 3.8) is 0 Å². The molecule has 0 atom stereocenters. The highest BCUT2D eigenvalue weighted by Gasteiger charge is 2.05. The minimum atomic E-state index is 0.0180. The molecule has 0 saturated heterocycles. The number of amides is 1. The van der Waals surface area contributed by atoms with Crippen LogP contribution in [0.25, 0.3) is 0 Å². The molecule has 0 radical (unpaired) electrons. The standard InChI is InChI=1S/C14H16N2OS/c15-13-6-2-1-4-11(13)10-14(17)16-8-7-12-5-3-9-18-12/h1-6,9H,7-8,10,15H2,(H,16,17). The number of nitrogens with one attached hydrogen (secondary N) is 1. The third-order valence-corrected chi connectivity index (χ3v) is 3.62. The number of carbonyl (C=O) groups is 1. The molecule has 1 amide bonds. The average Bonchev–Trinajstić information content (AvgIpc) is 2.85. The molecule has 0 saturated carbocycles. The Morgan fingerprint density at radius 3 is 2.78 bits per heavy atom. The van der Waals surface area contributed by atoms with Gasteiger partial charge in [0.15, 0.2) is 0 Å². The van der Waals surface area contributed by atoms with E-state index in [-0.39, 0.29) is 5.91 Å². The minimum absolute atomic E-state index is 0.0180. The van der Waals surface area contributed by atoms with E-state index in [4.69, 9.17) is 5.73 Å². The molecule has 18 heavy (non-hydrogen) atoms. The van der Waals surface area contributed by atoms with E-state index in [0.717, 1.165) is 12.0 Å². The van der Waals surface area contributed by atoms with E-state index in [0.29, 0.717) is 18.7 Å². The van der Waals surface area contributed by atoms with Crippen molar-refractivity contribution in [1.82, 2.24) is 5.32 Å². The Morgan fingerprint density at radius 1 is 1.22 bits per heavy atom. The summed E-state index contributed by atoms with van der Waals surface area (Å²) in [7, 11) is 0. The van der Waals surface area contributed by atoms with Crippen LogP contribution in [0.2, 0.25) is 0 Å². The Labute approximate surface area is 111 Å². The number of hydrogen-bond acceptors (Lipinski definition) is 3. The summed E-state index contributed by atoms with van der Waals surface area (Å²) in [6.45, 7) is 0.673. The maximum absolute atomic E-state index is 11.7. The lowest BCUT2D eigenvalue weighted by atomic mass is 10.1. The van der Waals surface area contributed by atoms with Gasteiger partial charge in [0.2, 0.25) is 5.91 Å². The molecule has 1 aromatic carbocycles. The number of nitrogens with two attached hydrogens (primary N) is 1. The van der Waals surface area contributed by atoms with Crippen molar-refractivity contribution in [2.24, 2.45) is 0 Å². The fourth-order valence-corrected chi connectivity index (χ4v) is 2.42. The normalized spacial score (nSPS) is 10.2. The maximum Gasteiger partial charge on any atom is 0.224 e. The van der Waals surface area contributed by atoms with Crippen molar-refractivity contribution in [3.05, 3.63) is 52.2 Å². The molecule has 1 aromatic heterocycles. The fraction of sp³-hybridized carbons (Fsp3) is 0.214. The second-order valence-electron chi connectivity index (χ2n) is 4.05. The van der Waals surface area contributed by atoms with Crippen LogP contribution in [0.3, 0.4) is 0 Å². The zero-order valence-corrected chi connectivity index (χ0v) is 10.9. The van der Waals surface area contributed by atoms with Gasteiger partial charge in [0.05, 0.1) is 6.42 Å². The van der Waals surface area contributed by atoms with Crippen molar-refractivity contribution in [2.45, 2.75) is 12.8 Å². The lowest BCUT2D eigenvalue weighted by Crippen LogP contribution is -2.27. The van der Waals surface area contributed by atoms with Gasteiger partial charge in [-0.3, -0.25) is 4.79 Å². The van der Waals surface area contributed by atoms with Gasteiger partial charge in [-0.2, -0.15) is 0 Å². The zero-order chi connectivity index (χ0) is 12.8. The quantitative estimate of drug-likeness (QED) is 0.810. The zero-order valence-electron chi connectivity index (χ0n) is 10.1. The lowest BCUT2D eigenvalue weighted by molar-refractivity contribution is -0.120. The number of thiophene rings is 1. The van der Waals surface area contributed by atoms with Crippen LogP contribution in [-0.2, 0) is 17.6 Å². The Morgan fingerprint density at radius 2 is 2.06 bits per heavy atom. The molecular weight excluding hydrogens is 244 g/mol. The van der Waals surface area contributed by atoms with Crippen LogP contribution in [0.15, 0.2) is 41.8 Å². The van der Waals surface area contributed by atoms with E-state index >= 15 is 0 Å². The summed E-state index contributed by atoms with van der Waals surface area (Å²) < 4.78 is 0. The SMILES string of the molecule is Nc1ccccc1CC(=O)NCCc1cccs1. The van der Waals surface area contributed by atoms with Gasteiger partial charge in [0.25, 0.3) is 0 Å². The van der Waals surface area contributed by atoms with Gasteiger partial charge in [-0.25, -0.2) is 0 Å². The van der Waals surface area contributed by atoms with Crippen LogP contribution < -0.4 is 11.1 Å². The summed E-state index contributed by atoms with van der Waals surface area (Å²) >= 11 is 1.71. The Balaban J connectivity index is 1.77. The molecule has 3 N–H and O–H groups in total. The molecule has 0 aliphatic carbocycles. The average molecular weight is 260 g/mol. The summed E-state index contributed by atoms with van der Waals surface area (Å²) in [4.78, 5) is 13.0. The first-order valence-electron chi connectivity index (χ1n) is 5.88. The molecule has 4 heteroatoms. The van der Waals surface area contributed by atoms with Crippen LogP contribution in [0.1, 0.15) is 10.4 Å². The largest absolute Gasteiger partial charge is 0.398 e. The van der Waals surface area contributed by atoms with Gasteiger partial charge in [0, 0.05) is 17.1 Å². The Kier molecular flexibility index (Phi) is 4.36. The molecule has 2 aromatic rings. The van der Waals surface area contributed by atoms with Crippen LogP contribution in [-0.4, -0.2) is 12.5 Å². The van der Waals surface area contributed by atoms with Crippen molar-refractivity contribution in [3.8, 4) is 0 Å². The predicted octanol–water partition coefficient (Wildman–Crippen LogP) is 2.23. The van der Waals surface area contributed by atoms with Gasteiger partial charge >= 0.3 is 0 Å². The Bertz CT molecular complexity index is 508. The highest BCUT2D eigenvalue weighted by Crippen LogP contribution is 2.11. The molecule has 0 bridgehead atoms. The second-order valence-corrected chi connectivity index (χ2v) is 5.09. The van der Waals surface area contributed by atoms with Crippen LogP contribution in [0.4, 0.5) is 5.69 Å². The molecule has 2 rings (SSSR count). The van der Waals surface area contributed by atoms with E-state index in [1.54, 1.807) is 11.3 Å². The van der Waals surface area contributed by atoms with Crippen molar-refractivity contribution in [1.29, 1.82) is 0 Å². The first kappa shape index (κ1) is 12.6. The van der Waals surface area contributed by atoms with Crippen LogP contribution in [0.5, 0.6) is 0 Å². The highest BCUT2D eigenvalue weighted by molar-refractivity contribution is 7.09. The number of anilines is 1. The third-order valence-electron chi connectivity index (χ3n) is 2.68. The van der Waals surface area contributed by atoms with E-state index in [2.05, 4.69) is 11.4 Å². The molecule has 0 aliphatic heterocycles. The molecule has 94 valence electrons. The van der Waals surface area contributed by atoms with Crippen LogP contribution >= 0.6 is 11.3 Å². The van der Waals surface area contributed by atoms with Gasteiger partial charge in [-0.1, -0.05) is 24.3 Å². The van der Waals surface area contributed by atoms with Gasteiger partial charge in [-0.05, 0) is 29.5 Å². The minimum Gasteiger partial charge on any atom is -0.398 e. The summed E-state index contributed by atoms with van der Waals surface area (Å²) in [5, 5.41) is 4.95. The smallest absolute Gasteiger partial charge is 0.224 e. The summed E-state index contributed by atoms with van der Waals surface area (Å²) in [6, 6.07) is 11.6. The lowest BCUT2D eigenvalue weighted by Gasteiger charge is -2.06. The van der Waals surface area contributed by atoms with Crippen molar-refractivity contribution >= 4 is 22.9 Å². The monoisotopic (exact) mass is 260 g/mol. The van der Waals surface area contributed by atoms with Gasteiger partial charge in [-0.15, -0.1) is 11.3 Å². The predicted molar refractivity (Wildman–Crippen MR) is 75.6 cm³/mol. The fourth-order valence-electron chi connectivity index (χ4n) is 1.71. The van der Waals surface area contributed by atoms with Crippen molar-refractivity contribution < 1.29 is 4.79 Å². The molecule has 0 unspecified atom stereocenters. The Hall–Kier alpha value is -1.81. The number of rotatable bonds is 5. The van der Waals surface area contributed by atoms with E-state index < -0.39 is 0 Å². The molecule has 0 spiro atoms. The molecule has 0 aliphatic rings. The second kappa shape index (κ2) is 6.21. The summed E-state index contributed by atoms with van der Waals surface area (Å²) in [6.07, 6.45) is 1.23. The summed E-state index contributed by atoms with van der Waals surface area (Å²) in [5.74, 6) is 0.0180. The van der Waals surface area contributed by atoms with E-state index in [1.807, 2.05) is 35.7 Å². The van der Waals surface area contributed by atoms with Crippen LogP contribution in [0, 0.1) is 0 Å². The summed E-state index contributed by atoms with van der Waals surface area (Å²) in [5.41, 5.74) is 7.35. The van der Waals surface area contributed by atoms with E-state index in [9.17, 15) is 4.79 Å². The third kappa shape index (κ3) is 3.60. The number of benzene rings is 1. The molecule has 3 nitrogen and oxygen atoms in total. The first-order valence-corrected chi connectivity index (χ1v) is 6.76. The maximum atomic E-state index is 11.7. The number of carbonyl (C=O) groups excluding carboxylic acids is 1. The highest BCUT2D eigenvalue weighted by atomic mass is 32.1. The topological polar surface area (TPSA) is 55.1 Å². The molecule has 0 fully saturated rings. The molecule has 1 heterocycles.